The zero-order chi connectivity index (χ0) is 21.3. The molecule has 0 bridgehead atoms. The van der Waals surface area contributed by atoms with Crippen LogP contribution in [0, 0.1) is 5.92 Å². The van der Waals surface area contributed by atoms with Crippen molar-refractivity contribution in [3.8, 4) is 0 Å². The second-order valence-electron chi connectivity index (χ2n) is 7.66. The number of methoxy groups -OCH3 is 1. The number of carbonyl (C=O) groups excluding carboxylic acids is 1. The molecule has 0 spiro atoms. The molecule has 1 atom stereocenters. The van der Waals surface area contributed by atoms with Crippen LogP contribution in [0.25, 0.3) is 11.0 Å². The van der Waals surface area contributed by atoms with Crippen molar-refractivity contribution < 1.29 is 23.1 Å². The predicted molar refractivity (Wildman–Crippen MR) is 112 cm³/mol. The number of aliphatic hydroxyl groups is 1. The number of rotatable bonds is 6. The SMILES string of the molecule is COC(=O)c1cnc2c(c1)cc(CC(O)C1CCCC1)n2S(=O)(=O)c1ccccc1. The van der Waals surface area contributed by atoms with Crippen molar-refractivity contribution in [1.29, 1.82) is 0 Å². The van der Waals surface area contributed by atoms with Gasteiger partial charge in [-0.05, 0) is 43.0 Å². The minimum atomic E-state index is -3.93. The Morgan fingerprint density at radius 3 is 2.60 bits per heavy atom. The number of hydrogen-bond donors (Lipinski definition) is 1. The molecule has 0 radical (unpaired) electrons. The summed E-state index contributed by atoms with van der Waals surface area (Å²) < 4.78 is 32.9. The number of fused-ring (bicyclic) bond motifs is 1. The lowest BCUT2D eigenvalue weighted by Gasteiger charge is -2.19. The second kappa shape index (κ2) is 8.20. The normalized spacial score (nSPS) is 16.1. The number of ether oxygens (including phenoxy) is 1. The van der Waals surface area contributed by atoms with Gasteiger partial charge >= 0.3 is 5.97 Å². The molecule has 1 saturated carbocycles. The standard InChI is InChI=1S/C22H24N2O5S/c1-29-22(26)17-11-16-12-18(13-20(25)15-7-5-6-8-15)24(21(16)23-14-17)30(27,28)19-9-3-2-4-10-19/h2-4,9-12,14-15,20,25H,5-8,13H2,1H3. The number of esters is 1. The van der Waals surface area contributed by atoms with Gasteiger partial charge in [0.2, 0.25) is 0 Å². The van der Waals surface area contributed by atoms with Gasteiger partial charge in [0.15, 0.2) is 5.65 Å². The monoisotopic (exact) mass is 428 g/mol. The van der Waals surface area contributed by atoms with Crippen LogP contribution in [0.2, 0.25) is 0 Å². The van der Waals surface area contributed by atoms with Gasteiger partial charge in [-0.25, -0.2) is 22.2 Å². The first-order chi connectivity index (χ1) is 14.4. The van der Waals surface area contributed by atoms with Gasteiger partial charge in [0.25, 0.3) is 10.0 Å². The lowest BCUT2D eigenvalue weighted by molar-refractivity contribution is 0.0600. The number of benzene rings is 1. The minimum absolute atomic E-state index is 0.137. The molecule has 2 heterocycles. The smallest absolute Gasteiger partial charge is 0.339 e. The van der Waals surface area contributed by atoms with E-state index >= 15 is 0 Å². The molecule has 30 heavy (non-hydrogen) atoms. The molecule has 2 aromatic heterocycles. The Bertz CT molecular complexity index is 1160. The number of hydrogen-bond acceptors (Lipinski definition) is 6. The van der Waals surface area contributed by atoms with E-state index in [1.54, 1.807) is 30.3 Å². The van der Waals surface area contributed by atoms with E-state index in [4.69, 9.17) is 4.74 Å². The highest BCUT2D eigenvalue weighted by atomic mass is 32.2. The maximum Gasteiger partial charge on any atom is 0.339 e. The topological polar surface area (TPSA) is 98.5 Å². The Morgan fingerprint density at radius 1 is 1.23 bits per heavy atom. The molecule has 1 aromatic carbocycles. The van der Waals surface area contributed by atoms with Crippen LogP contribution in [0.3, 0.4) is 0 Å². The Kier molecular flexibility index (Phi) is 5.62. The highest BCUT2D eigenvalue weighted by molar-refractivity contribution is 7.90. The van der Waals surface area contributed by atoms with E-state index in [9.17, 15) is 18.3 Å². The molecule has 1 aliphatic carbocycles. The molecule has 158 valence electrons. The molecule has 1 unspecified atom stereocenters. The van der Waals surface area contributed by atoms with Crippen LogP contribution in [-0.2, 0) is 21.2 Å². The molecule has 8 heteroatoms. The van der Waals surface area contributed by atoms with Crippen molar-refractivity contribution in [3.05, 3.63) is 59.9 Å². The number of pyridine rings is 1. The van der Waals surface area contributed by atoms with Crippen molar-refractivity contribution in [2.45, 2.75) is 43.1 Å². The Balaban J connectivity index is 1.85. The first-order valence-electron chi connectivity index (χ1n) is 9.99. The summed E-state index contributed by atoms with van der Waals surface area (Å²) in [6, 6.07) is 11.4. The zero-order valence-corrected chi connectivity index (χ0v) is 17.5. The molecule has 1 fully saturated rings. The van der Waals surface area contributed by atoms with E-state index in [1.807, 2.05) is 0 Å². The van der Waals surface area contributed by atoms with Crippen molar-refractivity contribution in [2.24, 2.45) is 5.92 Å². The molecule has 1 N–H and O–H groups in total. The first kappa shape index (κ1) is 20.6. The van der Waals surface area contributed by atoms with Crippen LogP contribution < -0.4 is 0 Å². The molecule has 0 saturated heterocycles. The van der Waals surface area contributed by atoms with Gasteiger partial charge in [-0.3, -0.25) is 0 Å². The van der Waals surface area contributed by atoms with E-state index in [-0.39, 0.29) is 28.4 Å². The largest absolute Gasteiger partial charge is 0.465 e. The number of aliphatic hydroxyl groups excluding tert-OH is 1. The average molecular weight is 429 g/mol. The van der Waals surface area contributed by atoms with Gasteiger partial charge in [0.05, 0.1) is 23.7 Å². The Labute approximate surface area is 175 Å². The second-order valence-corrected chi connectivity index (χ2v) is 9.45. The summed E-state index contributed by atoms with van der Waals surface area (Å²) in [5, 5.41) is 11.3. The van der Waals surface area contributed by atoms with Gasteiger partial charge in [0.1, 0.15) is 0 Å². The summed E-state index contributed by atoms with van der Waals surface area (Å²) in [5.41, 5.74) is 0.907. The van der Waals surface area contributed by atoms with Crippen molar-refractivity contribution in [2.75, 3.05) is 7.11 Å². The van der Waals surface area contributed by atoms with Gasteiger partial charge < -0.3 is 9.84 Å². The zero-order valence-electron chi connectivity index (χ0n) is 16.7. The molecule has 7 nitrogen and oxygen atoms in total. The van der Waals surface area contributed by atoms with E-state index in [2.05, 4.69) is 4.98 Å². The van der Waals surface area contributed by atoms with Crippen LogP contribution in [0.5, 0.6) is 0 Å². The third-order valence-electron chi connectivity index (χ3n) is 5.74. The third-order valence-corrected chi connectivity index (χ3v) is 7.49. The molecular formula is C22H24N2O5S. The fraction of sp³-hybridized carbons (Fsp3) is 0.364. The summed E-state index contributed by atoms with van der Waals surface area (Å²) in [7, 11) is -2.66. The van der Waals surface area contributed by atoms with Crippen LogP contribution in [0.4, 0.5) is 0 Å². The van der Waals surface area contributed by atoms with E-state index in [0.717, 1.165) is 25.7 Å². The van der Waals surface area contributed by atoms with Gasteiger partial charge in [-0.2, -0.15) is 0 Å². The first-order valence-corrected chi connectivity index (χ1v) is 11.4. The highest BCUT2D eigenvalue weighted by Crippen LogP contribution is 2.31. The van der Waals surface area contributed by atoms with Crippen LogP contribution in [0.1, 0.15) is 41.7 Å². The van der Waals surface area contributed by atoms with Gasteiger partial charge in [-0.15, -0.1) is 0 Å². The number of carbonyl (C=O) groups is 1. The highest BCUT2D eigenvalue weighted by Gasteiger charge is 2.29. The molecule has 1 aliphatic rings. The predicted octanol–water partition coefficient (Wildman–Crippen LogP) is 3.15. The Hall–Kier alpha value is -2.71. The summed E-state index contributed by atoms with van der Waals surface area (Å²) in [5.74, 6) is -0.384. The summed E-state index contributed by atoms with van der Waals surface area (Å²) in [6.45, 7) is 0. The van der Waals surface area contributed by atoms with E-state index < -0.39 is 22.1 Å². The summed E-state index contributed by atoms with van der Waals surface area (Å²) >= 11 is 0. The lowest BCUT2D eigenvalue weighted by Crippen LogP contribution is -2.24. The van der Waals surface area contributed by atoms with Crippen LogP contribution in [0.15, 0.2) is 53.6 Å². The maximum absolute atomic E-state index is 13.5. The van der Waals surface area contributed by atoms with Crippen molar-refractivity contribution in [1.82, 2.24) is 8.96 Å². The summed E-state index contributed by atoms with van der Waals surface area (Å²) in [6.07, 6.45) is 4.91. The fourth-order valence-corrected chi connectivity index (χ4v) is 5.71. The van der Waals surface area contributed by atoms with Crippen molar-refractivity contribution >= 4 is 27.0 Å². The molecule has 0 aliphatic heterocycles. The molecule has 0 amide bonds. The van der Waals surface area contributed by atoms with E-state index in [1.165, 1.54) is 29.4 Å². The van der Waals surface area contributed by atoms with Gasteiger partial charge in [-0.1, -0.05) is 31.0 Å². The minimum Gasteiger partial charge on any atom is -0.465 e. The maximum atomic E-state index is 13.5. The third kappa shape index (κ3) is 3.73. The average Bonchev–Trinajstić information content (AvgIpc) is 3.41. The fourth-order valence-electron chi connectivity index (χ4n) is 4.19. The van der Waals surface area contributed by atoms with E-state index in [0.29, 0.717) is 11.1 Å². The molecule has 3 aromatic rings. The summed E-state index contributed by atoms with van der Waals surface area (Å²) in [4.78, 5) is 16.3. The van der Waals surface area contributed by atoms with Crippen LogP contribution in [-0.4, -0.2) is 41.7 Å². The lowest BCUT2D eigenvalue weighted by atomic mass is 9.97. The Morgan fingerprint density at radius 2 is 1.93 bits per heavy atom. The molecule has 4 rings (SSSR count). The van der Waals surface area contributed by atoms with Gasteiger partial charge in [0, 0.05) is 23.7 Å². The molecular weight excluding hydrogens is 404 g/mol. The number of nitrogens with zero attached hydrogens (tertiary/aromatic N) is 2. The van der Waals surface area contributed by atoms with Crippen molar-refractivity contribution in [3.63, 3.8) is 0 Å². The number of aromatic nitrogens is 2. The van der Waals surface area contributed by atoms with Crippen LogP contribution >= 0.6 is 0 Å². The quantitative estimate of drug-likeness (QED) is 0.606.